The molecule has 0 fully saturated rings. The number of aryl methyl sites for hydroxylation is 2. The van der Waals surface area contributed by atoms with Crippen molar-refractivity contribution in [1.29, 1.82) is 0 Å². The molecule has 2 heterocycles. The number of rotatable bonds is 0. The Morgan fingerprint density at radius 3 is 3.00 bits per heavy atom. The fraction of sp³-hybridized carbons (Fsp3) is 0.286. The van der Waals surface area contributed by atoms with Crippen LogP contribution in [0.5, 0.6) is 0 Å². The van der Waals surface area contributed by atoms with Crippen LogP contribution in [0.4, 0.5) is 0 Å². The maximum absolute atomic E-state index is 4.05. The van der Waals surface area contributed by atoms with Gasteiger partial charge >= 0.3 is 0 Å². The molecule has 0 saturated heterocycles. The van der Waals surface area contributed by atoms with Crippen molar-refractivity contribution in [3.63, 3.8) is 0 Å². The molecule has 11 heavy (non-hydrogen) atoms. The monoisotopic (exact) mass is 148 g/mol. The molecule has 0 saturated carbocycles. The largest absolute Gasteiger partial charge is 0.249 e. The summed E-state index contributed by atoms with van der Waals surface area (Å²) in [5, 5.41) is 13.0. The molecule has 2 aromatic heterocycles. The van der Waals surface area contributed by atoms with Gasteiger partial charge in [0.1, 0.15) is 0 Å². The van der Waals surface area contributed by atoms with Crippen LogP contribution in [-0.4, -0.2) is 20.0 Å². The molecular formula is C7H8N4. The number of fused-ring (bicyclic) bond motifs is 1. The second-order valence-electron chi connectivity index (χ2n) is 2.53. The first-order chi connectivity index (χ1) is 5.27. The zero-order chi connectivity index (χ0) is 7.84. The highest BCUT2D eigenvalue weighted by atomic mass is 15.3. The standard InChI is InChI=1S/C7H8N4/c1-5-3-6-4-8-11(2)7(6)10-9-5/h3-4H,1-2H3. The molecule has 4 heteroatoms. The van der Waals surface area contributed by atoms with Gasteiger partial charge in [0.25, 0.3) is 0 Å². The summed E-state index contributed by atoms with van der Waals surface area (Å²) in [5.74, 6) is 0. The lowest BCUT2D eigenvalue weighted by Crippen LogP contribution is -1.93. The minimum atomic E-state index is 0.829. The SMILES string of the molecule is Cc1cc2cnn(C)c2nn1. The molecule has 2 rings (SSSR count). The van der Waals surface area contributed by atoms with Crippen molar-refractivity contribution in [2.45, 2.75) is 6.92 Å². The predicted octanol–water partition coefficient (Wildman–Crippen LogP) is 0.672. The summed E-state index contributed by atoms with van der Waals surface area (Å²) in [6, 6.07) is 1.97. The third kappa shape index (κ3) is 0.869. The minimum Gasteiger partial charge on any atom is -0.249 e. The van der Waals surface area contributed by atoms with Crippen LogP contribution in [0.1, 0.15) is 5.69 Å². The average molecular weight is 148 g/mol. The summed E-state index contributed by atoms with van der Waals surface area (Å²) in [6.07, 6.45) is 1.79. The van der Waals surface area contributed by atoms with Crippen LogP contribution in [0.15, 0.2) is 12.3 Å². The van der Waals surface area contributed by atoms with Crippen LogP contribution >= 0.6 is 0 Å². The summed E-state index contributed by atoms with van der Waals surface area (Å²) in [4.78, 5) is 0. The molecule has 0 aliphatic carbocycles. The fourth-order valence-electron chi connectivity index (χ4n) is 1.05. The second kappa shape index (κ2) is 2.02. The second-order valence-corrected chi connectivity index (χ2v) is 2.53. The molecule has 0 atom stereocenters. The van der Waals surface area contributed by atoms with Crippen LogP contribution < -0.4 is 0 Å². The molecule has 2 aromatic rings. The normalized spacial score (nSPS) is 10.7. The first-order valence-electron chi connectivity index (χ1n) is 3.39. The van der Waals surface area contributed by atoms with Crippen molar-refractivity contribution in [3.8, 4) is 0 Å². The molecule has 0 aromatic carbocycles. The van der Waals surface area contributed by atoms with Crippen molar-refractivity contribution in [1.82, 2.24) is 20.0 Å². The van der Waals surface area contributed by atoms with Gasteiger partial charge in [-0.25, -0.2) is 4.68 Å². The Bertz CT molecular complexity index is 390. The van der Waals surface area contributed by atoms with E-state index < -0.39 is 0 Å². The topological polar surface area (TPSA) is 43.6 Å². The summed E-state index contributed by atoms with van der Waals surface area (Å²) in [7, 11) is 1.85. The first kappa shape index (κ1) is 6.27. The number of nitrogens with zero attached hydrogens (tertiary/aromatic N) is 4. The first-order valence-corrected chi connectivity index (χ1v) is 3.39. The van der Waals surface area contributed by atoms with E-state index in [9.17, 15) is 0 Å². The van der Waals surface area contributed by atoms with Crippen molar-refractivity contribution in [3.05, 3.63) is 18.0 Å². The van der Waals surface area contributed by atoms with E-state index in [0.717, 1.165) is 16.7 Å². The van der Waals surface area contributed by atoms with E-state index in [0.29, 0.717) is 0 Å². The summed E-state index contributed by atoms with van der Waals surface area (Å²) < 4.78 is 1.71. The third-order valence-electron chi connectivity index (χ3n) is 1.60. The van der Waals surface area contributed by atoms with E-state index in [-0.39, 0.29) is 0 Å². The molecule has 4 nitrogen and oxygen atoms in total. The van der Waals surface area contributed by atoms with Gasteiger partial charge in [-0.1, -0.05) is 0 Å². The molecule has 0 bridgehead atoms. The van der Waals surface area contributed by atoms with Crippen LogP contribution in [0, 0.1) is 6.92 Å². The molecular weight excluding hydrogens is 140 g/mol. The van der Waals surface area contributed by atoms with Gasteiger partial charge in [0.05, 0.1) is 11.9 Å². The lowest BCUT2D eigenvalue weighted by Gasteiger charge is -1.91. The van der Waals surface area contributed by atoms with Crippen molar-refractivity contribution >= 4 is 11.0 Å². The zero-order valence-corrected chi connectivity index (χ0v) is 6.44. The van der Waals surface area contributed by atoms with Crippen LogP contribution in [0.2, 0.25) is 0 Å². The Kier molecular flexibility index (Phi) is 1.15. The maximum atomic E-state index is 4.05. The van der Waals surface area contributed by atoms with Gasteiger partial charge in [-0.05, 0) is 13.0 Å². The van der Waals surface area contributed by atoms with Crippen molar-refractivity contribution < 1.29 is 0 Å². The van der Waals surface area contributed by atoms with Crippen LogP contribution in [-0.2, 0) is 7.05 Å². The summed E-state index contributed by atoms with van der Waals surface area (Å²) >= 11 is 0. The summed E-state index contributed by atoms with van der Waals surface area (Å²) in [6.45, 7) is 1.92. The average Bonchev–Trinajstić information content (AvgIpc) is 2.32. The Hall–Kier alpha value is -1.45. The fourth-order valence-corrected chi connectivity index (χ4v) is 1.05. The Balaban J connectivity index is 2.86. The molecule has 0 unspecified atom stereocenters. The Morgan fingerprint density at radius 1 is 1.36 bits per heavy atom. The zero-order valence-electron chi connectivity index (χ0n) is 6.44. The summed E-state index contributed by atoms with van der Waals surface area (Å²) in [5.41, 5.74) is 1.75. The van der Waals surface area contributed by atoms with Crippen molar-refractivity contribution in [2.75, 3.05) is 0 Å². The van der Waals surface area contributed by atoms with Crippen LogP contribution in [0.25, 0.3) is 11.0 Å². The van der Waals surface area contributed by atoms with Crippen LogP contribution in [0.3, 0.4) is 0 Å². The molecule has 0 N–H and O–H groups in total. The Morgan fingerprint density at radius 2 is 2.18 bits per heavy atom. The predicted molar refractivity (Wildman–Crippen MR) is 41.0 cm³/mol. The third-order valence-corrected chi connectivity index (χ3v) is 1.60. The highest BCUT2D eigenvalue weighted by molar-refractivity contribution is 5.73. The van der Waals surface area contributed by atoms with Crippen molar-refractivity contribution in [2.24, 2.45) is 7.05 Å². The van der Waals surface area contributed by atoms with Gasteiger partial charge in [-0.2, -0.15) is 10.2 Å². The van der Waals surface area contributed by atoms with E-state index in [2.05, 4.69) is 15.3 Å². The van der Waals surface area contributed by atoms with Gasteiger partial charge in [-0.3, -0.25) is 0 Å². The maximum Gasteiger partial charge on any atom is 0.180 e. The molecule has 0 amide bonds. The van der Waals surface area contributed by atoms with E-state index in [1.165, 1.54) is 0 Å². The number of aromatic nitrogens is 4. The number of hydrogen-bond acceptors (Lipinski definition) is 3. The minimum absolute atomic E-state index is 0.829. The Labute approximate surface area is 63.9 Å². The lowest BCUT2D eigenvalue weighted by atomic mass is 10.3. The molecule has 56 valence electrons. The quantitative estimate of drug-likeness (QED) is 0.551. The van der Waals surface area contributed by atoms with E-state index >= 15 is 0 Å². The van der Waals surface area contributed by atoms with Gasteiger partial charge in [0, 0.05) is 12.4 Å². The molecule has 0 aliphatic rings. The molecule has 0 spiro atoms. The van der Waals surface area contributed by atoms with E-state index in [1.807, 2.05) is 20.0 Å². The van der Waals surface area contributed by atoms with Gasteiger partial charge < -0.3 is 0 Å². The highest BCUT2D eigenvalue weighted by Gasteiger charge is 1.99. The van der Waals surface area contributed by atoms with E-state index in [1.54, 1.807) is 10.9 Å². The molecule has 0 radical (unpaired) electrons. The van der Waals surface area contributed by atoms with Gasteiger partial charge in [-0.15, -0.1) is 5.10 Å². The molecule has 0 aliphatic heterocycles. The van der Waals surface area contributed by atoms with E-state index in [4.69, 9.17) is 0 Å². The highest BCUT2D eigenvalue weighted by Crippen LogP contribution is 2.08. The van der Waals surface area contributed by atoms with Gasteiger partial charge in [0.2, 0.25) is 0 Å². The smallest absolute Gasteiger partial charge is 0.180 e. The van der Waals surface area contributed by atoms with Gasteiger partial charge in [0.15, 0.2) is 5.65 Å². The number of hydrogen-bond donors (Lipinski definition) is 0. The lowest BCUT2D eigenvalue weighted by molar-refractivity contribution is 0.776.